The van der Waals surface area contributed by atoms with E-state index in [-0.39, 0.29) is 11.5 Å². The van der Waals surface area contributed by atoms with Crippen molar-refractivity contribution in [2.45, 2.75) is 12.7 Å². The van der Waals surface area contributed by atoms with Gasteiger partial charge < -0.3 is 5.32 Å². The molecule has 0 bridgehead atoms. The highest BCUT2D eigenvalue weighted by molar-refractivity contribution is 6.31. The number of nitrogens with one attached hydrogen (secondary N) is 1. The Balaban J connectivity index is 2.33. The van der Waals surface area contributed by atoms with Crippen LogP contribution in [0.1, 0.15) is 11.5 Å². The topological polar surface area (TPSA) is 46.9 Å². The Morgan fingerprint density at radius 3 is 2.57 bits per heavy atom. The summed E-state index contributed by atoms with van der Waals surface area (Å²) in [6, 6.07) is 2.29. The molecule has 1 aromatic carbocycles. The minimum Gasteiger partial charge on any atom is -0.375 e. The van der Waals surface area contributed by atoms with Crippen LogP contribution in [0.2, 0.25) is 5.02 Å². The van der Waals surface area contributed by atoms with Crippen molar-refractivity contribution in [2.75, 3.05) is 5.32 Å². The molecule has 0 aliphatic rings. The molecular weight excluding hydrogens is 345 g/mol. The second kappa shape index (κ2) is 6.15. The van der Waals surface area contributed by atoms with Crippen LogP contribution in [0.15, 0.2) is 23.0 Å². The van der Waals surface area contributed by atoms with Crippen molar-refractivity contribution in [1.82, 2.24) is 9.55 Å². The summed E-state index contributed by atoms with van der Waals surface area (Å²) in [6.45, 7) is -0.394. The van der Waals surface area contributed by atoms with Crippen LogP contribution in [0, 0.1) is 11.6 Å². The molecule has 124 valence electrons. The van der Waals surface area contributed by atoms with Gasteiger partial charge in [0.15, 0.2) is 11.5 Å². The molecule has 23 heavy (non-hydrogen) atoms. The Morgan fingerprint density at radius 2 is 1.96 bits per heavy atom. The number of benzene rings is 1. The molecule has 0 aliphatic carbocycles. The van der Waals surface area contributed by atoms with E-state index in [9.17, 15) is 26.7 Å². The van der Waals surface area contributed by atoms with E-state index in [2.05, 4.69) is 10.3 Å². The van der Waals surface area contributed by atoms with Gasteiger partial charge in [-0.1, -0.05) is 11.6 Å². The van der Waals surface area contributed by atoms with E-state index in [1.807, 2.05) is 0 Å². The van der Waals surface area contributed by atoms with Gasteiger partial charge in [0, 0.05) is 13.1 Å². The standard InChI is InChI=1S/C13H9ClF5N3O/c1-22-9(21-8(4-10(22)23)13(17,18)19)5-20-7-3-2-6(15)11(14)12(7)16/h2-4,20H,5H2,1H3. The predicted octanol–water partition coefficient (Wildman–Crippen LogP) is 3.34. The number of rotatable bonds is 3. The van der Waals surface area contributed by atoms with Crippen LogP contribution in [0.25, 0.3) is 0 Å². The van der Waals surface area contributed by atoms with Crippen molar-refractivity contribution in [2.24, 2.45) is 7.05 Å². The molecule has 10 heteroatoms. The number of aromatic nitrogens is 2. The monoisotopic (exact) mass is 353 g/mol. The molecule has 0 radical (unpaired) electrons. The largest absolute Gasteiger partial charge is 0.433 e. The molecule has 0 saturated carbocycles. The Morgan fingerprint density at radius 1 is 1.30 bits per heavy atom. The highest BCUT2D eigenvalue weighted by Crippen LogP contribution is 2.27. The Bertz CT molecular complexity index is 803. The van der Waals surface area contributed by atoms with Gasteiger partial charge in [-0.3, -0.25) is 9.36 Å². The highest BCUT2D eigenvalue weighted by atomic mass is 35.5. The average Bonchev–Trinajstić information content (AvgIpc) is 2.46. The number of halogens is 6. The molecule has 0 aliphatic heterocycles. The fourth-order valence-electron chi connectivity index (χ4n) is 1.73. The van der Waals surface area contributed by atoms with E-state index >= 15 is 0 Å². The van der Waals surface area contributed by atoms with Gasteiger partial charge in [-0.05, 0) is 12.1 Å². The smallest absolute Gasteiger partial charge is 0.375 e. The van der Waals surface area contributed by atoms with Crippen molar-refractivity contribution >= 4 is 17.3 Å². The first-order valence-electron chi connectivity index (χ1n) is 6.12. The van der Waals surface area contributed by atoms with Gasteiger partial charge in [0.1, 0.15) is 16.7 Å². The third-order valence-electron chi connectivity index (χ3n) is 2.99. The van der Waals surface area contributed by atoms with Crippen LogP contribution in [0.4, 0.5) is 27.6 Å². The summed E-state index contributed by atoms with van der Waals surface area (Å²) in [4.78, 5) is 14.9. The predicted molar refractivity (Wildman–Crippen MR) is 73.2 cm³/mol. The van der Waals surface area contributed by atoms with Gasteiger partial charge in [-0.15, -0.1) is 0 Å². The van der Waals surface area contributed by atoms with Crippen molar-refractivity contribution in [3.63, 3.8) is 0 Å². The maximum atomic E-state index is 13.7. The molecule has 2 rings (SSSR count). The number of hydrogen-bond acceptors (Lipinski definition) is 3. The van der Waals surface area contributed by atoms with Crippen LogP contribution >= 0.6 is 11.6 Å². The van der Waals surface area contributed by atoms with E-state index in [1.165, 1.54) is 7.05 Å². The molecule has 0 saturated heterocycles. The molecule has 1 aromatic heterocycles. The first-order valence-corrected chi connectivity index (χ1v) is 6.50. The average molecular weight is 354 g/mol. The number of anilines is 1. The third kappa shape index (κ3) is 3.61. The normalized spacial score (nSPS) is 11.6. The SMILES string of the molecule is Cn1c(CNc2ccc(F)c(Cl)c2F)nc(C(F)(F)F)cc1=O. The van der Waals surface area contributed by atoms with Crippen LogP contribution in [0.5, 0.6) is 0 Å². The van der Waals surface area contributed by atoms with Crippen LogP contribution in [-0.2, 0) is 19.8 Å². The lowest BCUT2D eigenvalue weighted by Gasteiger charge is -2.13. The van der Waals surface area contributed by atoms with Crippen molar-refractivity contribution in [3.05, 3.63) is 56.7 Å². The molecule has 0 spiro atoms. The zero-order chi connectivity index (χ0) is 17.4. The maximum absolute atomic E-state index is 13.7. The lowest BCUT2D eigenvalue weighted by molar-refractivity contribution is -0.141. The number of nitrogens with zero attached hydrogens (tertiary/aromatic N) is 2. The second-order valence-electron chi connectivity index (χ2n) is 4.53. The van der Waals surface area contributed by atoms with Gasteiger partial charge in [0.05, 0.1) is 12.2 Å². The van der Waals surface area contributed by atoms with Crippen molar-refractivity contribution in [3.8, 4) is 0 Å². The minimum atomic E-state index is -4.79. The van der Waals surface area contributed by atoms with Gasteiger partial charge in [0.25, 0.3) is 5.56 Å². The number of hydrogen-bond donors (Lipinski definition) is 1. The van der Waals surface area contributed by atoms with E-state index in [0.29, 0.717) is 6.07 Å². The van der Waals surface area contributed by atoms with Gasteiger partial charge in [-0.25, -0.2) is 13.8 Å². The Kier molecular flexibility index (Phi) is 4.60. The molecule has 0 fully saturated rings. The summed E-state index contributed by atoms with van der Waals surface area (Å²) >= 11 is 5.40. The quantitative estimate of drug-likeness (QED) is 0.680. The van der Waals surface area contributed by atoms with E-state index in [4.69, 9.17) is 11.6 Å². The fourth-order valence-corrected chi connectivity index (χ4v) is 1.89. The van der Waals surface area contributed by atoms with Crippen molar-refractivity contribution in [1.29, 1.82) is 0 Å². The first-order chi connectivity index (χ1) is 10.6. The first kappa shape index (κ1) is 17.2. The van der Waals surface area contributed by atoms with Gasteiger partial charge >= 0.3 is 6.18 Å². The van der Waals surface area contributed by atoms with Crippen LogP contribution in [-0.4, -0.2) is 9.55 Å². The second-order valence-corrected chi connectivity index (χ2v) is 4.91. The summed E-state index contributed by atoms with van der Waals surface area (Å²) in [6.07, 6.45) is -4.79. The number of alkyl halides is 3. The van der Waals surface area contributed by atoms with Crippen LogP contribution < -0.4 is 10.9 Å². The van der Waals surface area contributed by atoms with Gasteiger partial charge in [-0.2, -0.15) is 13.2 Å². The highest BCUT2D eigenvalue weighted by Gasteiger charge is 2.33. The summed E-state index contributed by atoms with van der Waals surface area (Å²) < 4.78 is 65.6. The molecule has 0 atom stereocenters. The lowest BCUT2D eigenvalue weighted by Crippen LogP contribution is -2.27. The van der Waals surface area contributed by atoms with Crippen LogP contribution in [0.3, 0.4) is 0 Å². The van der Waals surface area contributed by atoms with E-state index in [1.54, 1.807) is 0 Å². The summed E-state index contributed by atoms with van der Waals surface area (Å²) in [5, 5.41) is 1.68. The zero-order valence-electron chi connectivity index (χ0n) is 11.5. The molecule has 1 N–H and O–H groups in total. The summed E-state index contributed by atoms with van der Waals surface area (Å²) in [5.41, 5.74) is -2.50. The third-order valence-corrected chi connectivity index (χ3v) is 3.34. The van der Waals surface area contributed by atoms with Gasteiger partial charge in [0.2, 0.25) is 0 Å². The minimum absolute atomic E-state index is 0.233. The molecule has 0 amide bonds. The molecule has 0 unspecified atom stereocenters. The molecule has 2 aromatic rings. The Labute approximate surface area is 131 Å². The fraction of sp³-hybridized carbons (Fsp3) is 0.231. The molecule has 4 nitrogen and oxygen atoms in total. The Hall–Kier alpha value is -2.16. The summed E-state index contributed by atoms with van der Waals surface area (Å²) in [5.74, 6) is -2.34. The van der Waals surface area contributed by atoms with Crippen molar-refractivity contribution < 1.29 is 22.0 Å². The summed E-state index contributed by atoms with van der Waals surface area (Å²) in [7, 11) is 1.22. The molecular formula is C13H9ClF5N3O. The maximum Gasteiger partial charge on any atom is 0.433 e. The molecule has 1 heterocycles. The lowest BCUT2D eigenvalue weighted by atomic mass is 10.3. The van der Waals surface area contributed by atoms with E-state index in [0.717, 1.165) is 16.7 Å². The zero-order valence-corrected chi connectivity index (χ0v) is 12.3. The van der Waals surface area contributed by atoms with E-state index < -0.39 is 40.6 Å².